The summed E-state index contributed by atoms with van der Waals surface area (Å²) >= 11 is 1.63. The molecule has 0 aliphatic carbocycles. The smallest absolute Gasteiger partial charge is 0.304 e. The van der Waals surface area contributed by atoms with Crippen LogP contribution >= 0.6 is 11.8 Å². The van der Waals surface area contributed by atoms with Crippen LogP contribution in [0, 0.1) is 5.82 Å². The SMILES string of the molecule is CSc1ccc([C@H](CC(=O)O)c2ccc(F)cc2)cc1. The number of hydrogen-bond acceptors (Lipinski definition) is 2. The van der Waals surface area contributed by atoms with E-state index in [1.807, 2.05) is 30.5 Å². The van der Waals surface area contributed by atoms with Crippen molar-refractivity contribution >= 4 is 17.7 Å². The molecular weight excluding hydrogens is 275 g/mol. The van der Waals surface area contributed by atoms with Gasteiger partial charge < -0.3 is 5.11 Å². The van der Waals surface area contributed by atoms with Gasteiger partial charge in [-0.05, 0) is 41.6 Å². The third kappa shape index (κ3) is 3.61. The normalized spacial score (nSPS) is 12.1. The molecule has 0 aliphatic rings. The van der Waals surface area contributed by atoms with E-state index < -0.39 is 5.97 Å². The standard InChI is InChI=1S/C16H15FO2S/c1-20-14-8-4-12(5-9-14)15(10-16(18)19)11-2-6-13(17)7-3-11/h2-9,15H,10H2,1H3,(H,18,19)/t15-/m1/s1. The summed E-state index contributed by atoms with van der Waals surface area (Å²) in [6, 6.07) is 13.8. The molecule has 4 heteroatoms. The van der Waals surface area contributed by atoms with Gasteiger partial charge in [-0.25, -0.2) is 4.39 Å². The predicted molar refractivity (Wildman–Crippen MR) is 78.7 cm³/mol. The minimum Gasteiger partial charge on any atom is -0.481 e. The summed E-state index contributed by atoms with van der Waals surface area (Å²) in [5.74, 6) is -1.45. The molecular formula is C16H15FO2S. The van der Waals surface area contributed by atoms with Gasteiger partial charge >= 0.3 is 5.97 Å². The Labute approximate surface area is 121 Å². The Kier molecular flexibility index (Phi) is 4.79. The Morgan fingerprint density at radius 3 is 2.05 bits per heavy atom. The first kappa shape index (κ1) is 14.6. The topological polar surface area (TPSA) is 37.3 Å². The summed E-state index contributed by atoms with van der Waals surface area (Å²) < 4.78 is 13.0. The molecule has 1 atom stereocenters. The first-order chi connectivity index (χ1) is 9.60. The summed E-state index contributed by atoms with van der Waals surface area (Å²) in [6.07, 6.45) is 1.98. The molecule has 0 heterocycles. The van der Waals surface area contributed by atoms with Crippen LogP contribution in [0.4, 0.5) is 4.39 Å². The molecule has 2 aromatic rings. The van der Waals surface area contributed by atoms with Gasteiger partial charge in [0.25, 0.3) is 0 Å². The van der Waals surface area contributed by atoms with Crippen molar-refractivity contribution in [3.63, 3.8) is 0 Å². The van der Waals surface area contributed by atoms with Gasteiger partial charge in [0, 0.05) is 10.8 Å². The van der Waals surface area contributed by atoms with E-state index in [1.54, 1.807) is 23.9 Å². The molecule has 0 aromatic heterocycles. The van der Waals surface area contributed by atoms with E-state index in [0.717, 1.165) is 16.0 Å². The first-order valence-electron chi connectivity index (χ1n) is 6.21. The van der Waals surface area contributed by atoms with E-state index in [1.165, 1.54) is 12.1 Å². The highest BCUT2D eigenvalue weighted by Gasteiger charge is 2.17. The number of aliphatic carboxylic acids is 1. The van der Waals surface area contributed by atoms with Crippen molar-refractivity contribution in [2.24, 2.45) is 0 Å². The molecule has 0 bridgehead atoms. The molecule has 2 nitrogen and oxygen atoms in total. The zero-order valence-corrected chi connectivity index (χ0v) is 11.9. The molecule has 0 saturated heterocycles. The predicted octanol–water partition coefficient (Wildman–Crippen LogP) is 4.15. The molecule has 104 valence electrons. The molecule has 0 fully saturated rings. The van der Waals surface area contributed by atoms with E-state index in [0.29, 0.717) is 0 Å². The molecule has 0 amide bonds. The monoisotopic (exact) mass is 290 g/mol. The largest absolute Gasteiger partial charge is 0.481 e. The molecule has 0 spiro atoms. The van der Waals surface area contributed by atoms with Crippen LogP contribution in [0.5, 0.6) is 0 Å². The Morgan fingerprint density at radius 1 is 1.10 bits per heavy atom. The lowest BCUT2D eigenvalue weighted by Gasteiger charge is -2.16. The van der Waals surface area contributed by atoms with E-state index in [-0.39, 0.29) is 18.2 Å². The van der Waals surface area contributed by atoms with E-state index in [2.05, 4.69) is 0 Å². The highest BCUT2D eigenvalue weighted by Crippen LogP contribution is 2.29. The average molecular weight is 290 g/mol. The number of halogens is 1. The molecule has 20 heavy (non-hydrogen) atoms. The van der Waals surface area contributed by atoms with Crippen LogP contribution in [0.2, 0.25) is 0 Å². The van der Waals surface area contributed by atoms with Crippen LogP contribution in [0.1, 0.15) is 23.5 Å². The van der Waals surface area contributed by atoms with Gasteiger partial charge in [0.1, 0.15) is 5.82 Å². The van der Waals surface area contributed by atoms with Gasteiger partial charge in [-0.15, -0.1) is 11.8 Å². The van der Waals surface area contributed by atoms with E-state index in [4.69, 9.17) is 5.11 Å². The number of carboxylic acid groups (broad SMARTS) is 1. The van der Waals surface area contributed by atoms with E-state index in [9.17, 15) is 9.18 Å². The van der Waals surface area contributed by atoms with Gasteiger partial charge in [0.2, 0.25) is 0 Å². The number of hydrogen-bond donors (Lipinski definition) is 1. The first-order valence-corrected chi connectivity index (χ1v) is 7.44. The minimum atomic E-state index is -0.867. The number of benzene rings is 2. The zero-order valence-electron chi connectivity index (χ0n) is 11.0. The molecule has 2 rings (SSSR count). The van der Waals surface area contributed by atoms with Crippen molar-refractivity contribution in [1.82, 2.24) is 0 Å². The fourth-order valence-electron chi connectivity index (χ4n) is 2.13. The van der Waals surface area contributed by atoms with Crippen molar-refractivity contribution in [1.29, 1.82) is 0 Å². The van der Waals surface area contributed by atoms with Crippen LogP contribution in [-0.4, -0.2) is 17.3 Å². The molecule has 0 aliphatic heterocycles. The Hall–Kier alpha value is -1.81. The maximum absolute atomic E-state index is 13.0. The third-order valence-corrected chi connectivity index (χ3v) is 3.91. The van der Waals surface area contributed by atoms with Crippen LogP contribution < -0.4 is 0 Å². The Morgan fingerprint density at radius 2 is 1.60 bits per heavy atom. The van der Waals surface area contributed by atoms with Gasteiger partial charge in [0.15, 0.2) is 0 Å². The third-order valence-electron chi connectivity index (χ3n) is 3.17. The average Bonchev–Trinajstić information content (AvgIpc) is 2.46. The maximum atomic E-state index is 13.0. The van der Waals surface area contributed by atoms with Crippen molar-refractivity contribution < 1.29 is 14.3 Å². The second kappa shape index (κ2) is 6.57. The van der Waals surface area contributed by atoms with Gasteiger partial charge in [-0.3, -0.25) is 4.79 Å². The number of carboxylic acids is 1. The molecule has 0 radical (unpaired) electrons. The van der Waals surface area contributed by atoms with E-state index >= 15 is 0 Å². The van der Waals surface area contributed by atoms with Crippen LogP contribution in [0.25, 0.3) is 0 Å². The lowest BCUT2D eigenvalue weighted by molar-refractivity contribution is -0.137. The van der Waals surface area contributed by atoms with Crippen LogP contribution in [-0.2, 0) is 4.79 Å². The van der Waals surface area contributed by atoms with Crippen molar-refractivity contribution in [3.05, 3.63) is 65.5 Å². The lowest BCUT2D eigenvalue weighted by atomic mass is 9.88. The summed E-state index contributed by atoms with van der Waals surface area (Å²) in [5.41, 5.74) is 1.74. The molecule has 1 N–H and O–H groups in total. The van der Waals surface area contributed by atoms with Crippen molar-refractivity contribution in [2.75, 3.05) is 6.26 Å². The van der Waals surface area contributed by atoms with Gasteiger partial charge in [0.05, 0.1) is 6.42 Å². The molecule has 2 aromatic carbocycles. The molecule has 0 saturated carbocycles. The maximum Gasteiger partial charge on any atom is 0.304 e. The Bertz CT molecular complexity index is 578. The minimum absolute atomic E-state index is 0.00968. The fraction of sp³-hybridized carbons (Fsp3) is 0.188. The van der Waals surface area contributed by atoms with Crippen molar-refractivity contribution in [3.8, 4) is 0 Å². The fourth-order valence-corrected chi connectivity index (χ4v) is 2.54. The zero-order chi connectivity index (χ0) is 14.5. The quantitative estimate of drug-likeness (QED) is 0.840. The second-order valence-corrected chi connectivity index (χ2v) is 5.35. The molecule has 0 unspecified atom stereocenters. The Balaban J connectivity index is 2.35. The summed E-state index contributed by atoms with van der Waals surface area (Å²) in [6.45, 7) is 0. The summed E-state index contributed by atoms with van der Waals surface area (Å²) in [4.78, 5) is 12.2. The van der Waals surface area contributed by atoms with Crippen molar-refractivity contribution in [2.45, 2.75) is 17.2 Å². The van der Waals surface area contributed by atoms with Crippen LogP contribution in [0.15, 0.2) is 53.4 Å². The highest BCUT2D eigenvalue weighted by molar-refractivity contribution is 7.98. The number of rotatable bonds is 5. The van der Waals surface area contributed by atoms with Crippen LogP contribution in [0.3, 0.4) is 0 Å². The lowest BCUT2D eigenvalue weighted by Crippen LogP contribution is -2.08. The number of carbonyl (C=O) groups is 1. The second-order valence-electron chi connectivity index (χ2n) is 4.48. The van der Waals surface area contributed by atoms with Gasteiger partial charge in [-0.2, -0.15) is 0 Å². The summed E-state index contributed by atoms with van der Waals surface area (Å²) in [7, 11) is 0. The van der Waals surface area contributed by atoms with Gasteiger partial charge in [-0.1, -0.05) is 24.3 Å². The number of thioether (sulfide) groups is 1. The highest BCUT2D eigenvalue weighted by atomic mass is 32.2. The summed E-state index contributed by atoms with van der Waals surface area (Å²) in [5, 5.41) is 9.08.